The van der Waals surface area contributed by atoms with E-state index in [9.17, 15) is 12.8 Å². The summed E-state index contributed by atoms with van der Waals surface area (Å²) < 4.78 is 63.3. The van der Waals surface area contributed by atoms with E-state index in [-0.39, 0.29) is 23.4 Å². The Morgan fingerprint density at radius 1 is 1.14 bits per heavy atom. The molecule has 1 atom stereocenters. The SMILES string of the molecule is COc1ncc(-c2nc(N3CCOCC3)nc3c(OC4CCOC4)cc(F)cc23)cc1NS(C)(=O)=O. The Morgan fingerprint density at radius 2 is 1.94 bits per heavy atom. The van der Waals surface area contributed by atoms with Crippen molar-refractivity contribution in [3.8, 4) is 22.9 Å². The zero-order valence-corrected chi connectivity index (χ0v) is 20.7. The molecule has 11 nitrogen and oxygen atoms in total. The van der Waals surface area contributed by atoms with Crippen molar-refractivity contribution in [3.05, 3.63) is 30.2 Å². The second-order valence-electron chi connectivity index (χ2n) is 8.53. The van der Waals surface area contributed by atoms with E-state index in [1.807, 2.05) is 4.90 Å². The first kappa shape index (κ1) is 24.4. The van der Waals surface area contributed by atoms with Gasteiger partial charge in [0.05, 0.1) is 45.5 Å². The third-order valence-corrected chi connectivity index (χ3v) is 6.40. The van der Waals surface area contributed by atoms with Gasteiger partial charge in [0.15, 0.2) is 0 Å². The van der Waals surface area contributed by atoms with Gasteiger partial charge in [-0.3, -0.25) is 4.72 Å². The van der Waals surface area contributed by atoms with Crippen LogP contribution in [0.15, 0.2) is 24.4 Å². The van der Waals surface area contributed by atoms with Gasteiger partial charge in [-0.1, -0.05) is 0 Å². The molecule has 1 aromatic carbocycles. The molecule has 0 saturated carbocycles. The monoisotopic (exact) mass is 519 g/mol. The molecule has 0 bridgehead atoms. The van der Waals surface area contributed by atoms with Crippen LogP contribution in [0.1, 0.15) is 6.42 Å². The number of nitrogens with zero attached hydrogens (tertiary/aromatic N) is 4. The molecule has 0 aliphatic carbocycles. The van der Waals surface area contributed by atoms with E-state index in [0.29, 0.717) is 74.0 Å². The molecule has 2 aliphatic heterocycles. The number of methoxy groups -OCH3 is 1. The highest BCUT2D eigenvalue weighted by Gasteiger charge is 2.24. The average molecular weight is 520 g/mol. The van der Waals surface area contributed by atoms with Crippen molar-refractivity contribution in [2.24, 2.45) is 0 Å². The number of hydrogen-bond donors (Lipinski definition) is 1. The van der Waals surface area contributed by atoms with Gasteiger partial charge in [0.2, 0.25) is 21.9 Å². The van der Waals surface area contributed by atoms with Crippen molar-refractivity contribution >= 4 is 32.6 Å². The fourth-order valence-electron chi connectivity index (χ4n) is 4.17. The molecule has 13 heteroatoms. The molecule has 5 rings (SSSR count). The Bertz CT molecular complexity index is 1380. The number of anilines is 2. The van der Waals surface area contributed by atoms with Gasteiger partial charge in [0.25, 0.3) is 0 Å². The Hall–Kier alpha value is -3.29. The van der Waals surface area contributed by atoms with Crippen molar-refractivity contribution in [2.45, 2.75) is 12.5 Å². The normalized spacial score (nSPS) is 18.4. The van der Waals surface area contributed by atoms with Crippen molar-refractivity contribution in [2.75, 3.05) is 62.5 Å². The molecule has 3 aromatic rings. The third-order valence-electron chi connectivity index (χ3n) is 5.81. The van der Waals surface area contributed by atoms with Gasteiger partial charge < -0.3 is 23.8 Å². The first-order valence-corrected chi connectivity index (χ1v) is 13.3. The van der Waals surface area contributed by atoms with Crippen LogP contribution in [0.2, 0.25) is 0 Å². The minimum absolute atomic E-state index is 0.0902. The number of rotatable bonds is 7. The zero-order chi connectivity index (χ0) is 25.3. The van der Waals surface area contributed by atoms with E-state index in [1.165, 1.54) is 25.4 Å². The number of morpholine rings is 1. The zero-order valence-electron chi connectivity index (χ0n) is 19.9. The molecule has 2 aliphatic rings. The van der Waals surface area contributed by atoms with Crippen molar-refractivity contribution in [3.63, 3.8) is 0 Å². The van der Waals surface area contributed by atoms with Crippen LogP contribution >= 0.6 is 0 Å². The van der Waals surface area contributed by atoms with E-state index < -0.39 is 15.8 Å². The van der Waals surface area contributed by atoms with Crippen molar-refractivity contribution in [1.82, 2.24) is 15.0 Å². The number of hydrogen-bond acceptors (Lipinski definition) is 10. The van der Waals surface area contributed by atoms with Crippen LogP contribution < -0.4 is 19.1 Å². The number of pyridine rings is 1. The number of ether oxygens (including phenoxy) is 4. The van der Waals surface area contributed by atoms with Gasteiger partial charge in [-0.25, -0.2) is 27.8 Å². The minimum Gasteiger partial charge on any atom is -0.486 e. The largest absolute Gasteiger partial charge is 0.486 e. The van der Waals surface area contributed by atoms with Crippen molar-refractivity contribution < 1.29 is 31.8 Å². The molecule has 4 heterocycles. The third kappa shape index (κ3) is 5.27. The summed E-state index contributed by atoms with van der Waals surface area (Å²) in [6.45, 7) is 3.20. The van der Waals surface area contributed by atoms with Crippen LogP contribution in [0, 0.1) is 5.82 Å². The minimum atomic E-state index is -3.62. The lowest BCUT2D eigenvalue weighted by Crippen LogP contribution is -2.37. The maximum absolute atomic E-state index is 14.8. The summed E-state index contributed by atoms with van der Waals surface area (Å²) in [5, 5.41) is 0.401. The summed E-state index contributed by atoms with van der Waals surface area (Å²) in [6, 6.07) is 4.19. The molecular weight excluding hydrogens is 493 g/mol. The van der Waals surface area contributed by atoms with Gasteiger partial charge in [-0.05, 0) is 12.1 Å². The molecule has 36 heavy (non-hydrogen) atoms. The molecule has 2 saturated heterocycles. The van der Waals surface area contributed by atoms with E-state index >= 15 is 0 Å². The van der Waals surface area contributed by atoms with Crippen LogP contribution in [0.4, 0.5) is 16.0 Å². The lowest BCUT2D eigenvalue weighted by Gasteiger charge is -2.27. The van der Waals surface area contributed by atoms with E-state index in [2.05, 4.69) is 9.71 Å². The van der Waals surface area contributed by atoms with E-state index in [4.69, 9.17) is 28.9 Å². The number of aromatic nitrogens is 3. The molecule has 2 aromatic heterocycles. The van der Waals surface area contributed by atoms with Crippen LogP contribution in [0.25, 0.3) is 22.2 Å². The predicted octanol–water partition coefficient (Wildman–Crippen LogP) is 2.22. The summed E-state index contributed by atoms with van der Waals surface area (Å²) >= 11 is 0. The molecule has 0 radical (unpaired) electrons. The fourth-order valence-corrected chi connectivity index (χ4v) is 4.72. The number of fused-ring (bicyclic) bond motifs is 1. The average Bonchev–Trinajstić information content (AvgIpc) is 3.36. The first-order chi connectivity index (χ1) is 17.3. The quantitative estimate of drug-likeness (QED) is 0.497. The highest BCUT2D eigenvalue weighted by molar-refractivity contribution is 7.92. The smallest absolute Gasteiger partial charge is 0.238 e. The van der Waals surface area contributed by atoms with E-state index in [1.54, 1.807) is 6.07 Å². The number of halogens is 1. The number of nitrogens with one attached hydrogen (secondary N) is 1. The van der Waals surface area contributed by atoms with Gasteiger partial charge in [-0.2, -0.15) is 0 Å². The van der Waals surface area contributed by atoms with Crippen LogP contribution in [-0.2, 0) is 19.5 Å². The highest BCUT2D eigenvalue weighted by atomic mass is 32.2. The van der Waals surface area contributed by atoms with Crippen LogP contribution in [-0.4, -0.2) is 82.4 Å². The Balaban J connectivity index is 1.70. The predicted molar refractivity (Wildman–Crippen MR) is 131 cm³/mol. The Kier molecular flexibility index (Phi) is 6.77. The number of benzene rings is 1. The molecular formula is C23H26FN5O6S. The standard InChI is InChI=1S/C23H26FN5O6S/c1-32-22-18(28-36(2,30)31)9-14(12-25-22)20-17-10-15(24)11-19(35-16-3-6-34-13-16)21(17)27-23(26-20)29-4-7-33-8-5-29/h9-12,16,28H,3-8,13H2,1-2H3. The van der Waals surface area contributed by atoms with Gasteiger partial charge in [-0.15, -0.1) is 0 Å². The van der Waals surface area contributed by atoms with Gasteiger partial charge in [0.1, 0.15) is 28.9 Å². The summed E-state index contributed by atoms with van der Waals surface area (Å²) in [4.78, 5) is 15.7. The Labute approximate surface area is 207 Å². The summed E-state index contributed by atoms with van der Waals surface area (Å²) in [7, 11) is -2.23. The van der Waals surface area contributed by atoms with Gasteiger partial charge >= 0.3 is 0 Å². The second kappa shape index (κ2) is 9.99. The van der Waals surface area contributed by atoms with E-state index in [0.717, 1.165) is 6.26 Å². The first-order valence-electron chi connectivity index (χ1n) is 11.4. The summed E-state index contributed by atoms with van der Waals surface area (Å²) in [6.07, 6.45) is 3.00. The van der Waals surface area contributed by atoms with Crippen LogP contribution in [0.5, 0.6) is 11.6 Å². The fraction of sp³-hybridized carbons (Fsp3) is 0.435. The van der Waals surface area contributed by atoms with Crippen LogP contribution in [0.3, 0.4) is 0 Å². The molecule has 0 spiro atoms. The lowest BCUT2D eigenvalue weighted by molar-refractivity contribution is 0.122. The Morgan fingerprint density at radius 3 is 2.64 bits per heavy atom. The maximum Gasteiger partial charge on any atom is 0.238 e. The molecule has 1 unspecified atom stereocenters. The molecule has 0 amide bonds. The second-order valence-corrected chi connectivity index (χ2v) is 10.3. The van der Waals surface area contributed by atoms with Gasteiger partial charge in [0, 0.05) is 42.7 Å². The highest BCUT2D eigenvalue weighted by Crippen LogP contribution is 2.37. The molecule has 2 fully saturated rings. The lowest BCUT2D eigenvalue weighted by atomic mass is 10.1. The molecule has 1 N–H and O–H groups in total. The van der Waals surface area contributed by atoms with Crippen molar-refractivity contribution in [1.29, 1.82) is 0 Å². The topological polar surface area (TPSA) is 125 Å². The maximum atomic E-state index is 14.8. The number of sulfonamides is 1. The molecule has 192 valence electrons. The summed E-state index contributed by atoms with van der Waals surface area (Å²) in [5.74, 6) is 0.284. The summed E-state index contributed by atoms with van der Waals surface area (Å²) in [5.41, 5.74) is 1.39.